The predicted octanol–water partition coefficient (Wildman–Crippen LogP) is 2.51. The standard InChI is InChI=1S/C14H24N2/c1-4-10-15-13(2)11-16(3)12-14-8-6-5-7-9-14/h5-9,13,15H,4,10-12H2,1-3H3. The predicted molar refractivity (Wildman–Crippen MR) is 70.5 cm³/mol. The molecular formula is C14H24N2. The first kappa shape index (κ1) is 13.2. The summed E-state index contributed by atoms with van der Waals surface area (Å²) < 4.78 is 0. The normalized spacial score (nSPS) is 13.0. The molecule has 2 heteroatoms. The Bertz CT molecular complexity index is 271. The van der Waals surface area contributed by atoms with Crippen LogP contribution in [0.25, 0.3) is 0 Å². The average Bonchev–Trinajstić information content (AvgIpc) is 2.27. The van der Waals surface area contributed by atoms with Crippen molar-refractivity contribution in [3.05, 3.63) is 35.9 Å². The second kappa shape index (κ2) is 7.42. The van der Waals surface area contributed by atoms with Crippen molar-refractivity contribution < 1.29 is 0 Å². The van der Waals surface area contributed by atoms with E-state index in [2.05, 4.69) is 61.4 Å². The first-order chi connectivity index (χ1) is 7.72. The second-order valence-electron chi connectivity index (χ2n) is 4.54. The highest BCUT2D eigenvalue weighted by molar-refractivity contribution is 5.14. The fourth-order valence-corrected chi connectivity index (χ4v) is 1.88. The summed E-state index contributed by atoms with van der Waals surface area (Å²) in [7, 11) is 2.18. The molecule has 0 spiro atoms. The molecule has 0 heterocycles. The summed E-state index contributed by atoms with van der Waals surface area (Å²) >= 11 is 0. The van der Waals surface area contributed by atoms with Crippen molar-refractivity contribution >= 4 is 0 Å². The lowest BCUT2D eigenvalue weighted by molar-refractivity contribution is 0.290. The maximum absolute atomic E-state index is 3.51. The van der Waals surface area contributed by atoms with E-state index in [0.29, 0.717) is 6.04 Å². The highest BCUT2D eigenvalue weighted by Gasteiger charge is 2.05. The van der Waals surface area contributed by atoms with Gasteiger partial charge in [-0.1, -0.05) is 37.3 Å². The molecule has 0 aliphatic rings. The van der Waals surface area contributed by atoms with Gasteiger partial charge in [-0.05, 0) is 32.5 Å². The van der Waals surface area contributed by atoms with Crippen molar-refractivity contribution in [2.45, 2.75) is 32.9 Å². The second-order valence-corrected chi connectivity index (χ2v) is 4.54. The third-order valence-electron chi connectivity index (χ3n) is 2.62. The summed E-state index contributed by atoms with van der Waals surface area (Å²) in [4.78, 5) is 2.36. The van der Waals surface area contributed by atoms with Gasteiger partial charge in [0.2, 0.25) is 0 Å². The lowest BCUT2D eigenvalue weighted by Gasteiger charge is -2.22. The highest BCUT2D eigenvalue weighted by Crippen LogP contribution is 2.02. The number of benzene rings is 1. The van der Waals surface area contributed by atoms with E-state index < -0.39 is 0 Å². The van der Waals surface area contributed by atoms with Crippen molar-refractivity contribution in [3.8, 4) is 0 Å². The molecule has 1 aromatic carbocycles. The van der Waals surface area contributed by atoms with E-state index in [1.165, 1.54) is 12.0 Å². The van der Waals surface area contributed by atoms with Gasteiger partial charge in [-0.2, -0.15) is 0 Å². The van der Waals surface area contributed by atoms with Gasteiger partial charge < -0.3 is 10.2 Å². The van der Waals surface area contributed by atoms with E-state index in [-0.39, 0.29) is 0 Å². The van der Waals surface area contributed by atoms with Crippen molar-refractivity contribution in [2.75, 3.05) is 20.1 Å². The number of likely N-dealkylation sites (N-methyl/N-ethyl adjacent to an activating group) is 1. The molecule has 1 unspecified atom stereocenters. The van der Waals surface area contributed by atoms with Crippen LogP contribution in [0.15, 0.2) is 30.3 Å². The number of nitrogens with zero attached hydrogens (tertiary/aromatic N) is 1. The van der Waals surface area contributed by atoms with Crippen LogP contribution in [-0.2, 0) is 6.54 Å². The third kappa shape index (κ3) is 5.29. The van der Waals surface area contributed by atoms with Gasteiger partial charge in [0.05, 0.1) is 0 Å². The average molecular weight is 220 g/mol. The Morgan fingerprint density at radius 1 is 1.25 bits per heavy atom. The summed E-state index contributed by atoms with van der Waals surface area (Å²) in [6.07, 6.45) is 1.20. The molecule has 16 heavy (non-hydrogen) atoms. The minimum atomic E-state index is 0.564. The smallest absolute Gasteiger partial charge is 0.0231 e. The molecular weight excluding hydrogens is 196 g/mol. The molecule has 0 bridgehead atoms. The van der Waals surface area contributed by atoms with Gasteiger partial charge in [-0.3, -0.25) is 0 Å². The fourth-order valence-electron chi connectivity index (χ4n) is 1.88. The van der Waals surface area contributed by atoms with Gasteiger partial charge in [0.25, 0.3) is 0 Å². The fraction of sp³-hybridized carbons (Fsp3) is 0.571. The van der Waals surface area contributed by atoms with Crippen LogP contribution in [-0.4, -0.2) is 31.1 Å². The Morgan fingerprint density at radius 3 is 2.56 bits per heavy atom. The van der Waals surface area contributed by atoms with E-state index in [1.807, 2.05) is 0 Å². The Kier molecular flexibility index (Phi) is 6.12. The van der Waals surface area contributed by atoms with Gasteiger partial charge in [-0.15, -0.1) is 0 Å². The molecule has 0 amide bonds. The zero-order valence-corrected chi connectivity index (χ0v) is 10.7. The van der Waals surface area contributed by atoms with Crippen LogP contribution in [0.1, 0.15) is 25.8 Å². The number of nitrogens with one attached hydrogen (secondary N) is 1. The minimum Gasteiger partial charge on any atom is -0.313 e. The molecule has 2 nitrogen and oxygen atoms in total. The Labute approximate surface area is 99.7 Å². The summed E-state index contributed by atoms with van der Waals surface area (Å²) in [6, 6.07) is 11.2. The molecule has 0 fully saturated rings. The summed E-state index contributed by atoms with van der Waals surface area (Å²) in [5.41, 5.74) is 1.38. The van der Waals surface area contributed by atoms with Gasteiger partial charge in [-0.25, -0.2) is 0 Å². The van der Waals surface area contributed by atoms with Gasteiger partial charge in [0, 0.05) is 19.1 Å². The lowest BCUT2D eigenvalue weighted by Crippen LogP contribution is -2.37. The molecule has 1 atom stereocenters. The van der Waals surface area contributed by atoms with Crippen LogP contribution in [0.4, 0.5) is 0 Å². The van der Waals surface area contributed by atoms with Crippen LogP contribution in [0, 0.1) is 0 Å². The Balaban J connectivity index is 2.27. The Morgan fingerprint density at radius 2 is 1.94 bits per heavy atom. The van der Waals surface area contributed by atoms with E-state index in [9.17, 15) is 0 Å². The van der Waals surface area contributed by atoms with Crippen LogP contribution >= 0.6 is 0 Å². The minimum absolute atomic E-state index is 0.564. The van der Waals surface area contributed by atoms with Crippen LogP contribution in [0.5, 0.6) is 0 Å². The molecule has 0 aliphatic heterocycles. The number of hydrogen-bond donors (Lipinski definition) is 1. The monoisotopic (exact) mass is 220 g/mol. The van der Waals surface area contributed by atoms with Crippen LogP contribution < -0.4 is 5.32 Å². The first-order valence-electron chi connectivity index (χ1n) is 6.18. The number of rotatable bonds is 7. The largest absolute Gasteiger partial charge is 0.313 e. The molecule has 0 saturated carbocycles. The van der Waals surface area contributed by atoms with Crippen LogP contribution in [0.3, 0.4) is 0 Å². The number of hydrogen-bond acceptors (Lipinski definition) is 2. The quantitative estimate of drug-likeness (QED) is 0.759. The lowest BCUT2D eigenvalue weighted by atomic mass is 10.2. The molecule has 0 saturated heterocycles. The summed E-state index contributed by atoms with van der Waals surface area (Å²) in [6.45, 7) is 7.68. The van der Waals surface area contributed by atoms with Crippen molar-refractivity contribution in [1.82, 2.24) is 10.2 Å². The Hall–Kier alpha value is -0.860. The summed E-state index contributed by atoms with van der Waals surface area (Å²) in [5.74, 6) is 0. The molecule has 1 aromatic rings. The maximum Gasteiger partial charge on any atom is 0.0231 e. The zero-order chi connectivity index (χ0) is 11.8. The SMILES string of the molecule is CCCNC(C)CN(C)Cc1ccccc1. The van der Waals surface area contributed by atoms with Crippen molar-refractivity contribution in [2.24, 2.45) is 0 Å². The topological polar surface area (TPSA) is 15.3 Å². The molecule has 90 valence electrons. The summed E-state index contributed by atoms with van der Waals surface area (Å²) in [5, 5.41) is 3.51. The van der Waals surface area contributed by atoms with Crippen molar-refractivity contribution in [1.29, 1.82) is 0 Å². The van der Waals surface area contributed by atoms with E-state index in [4.69, 9.17) is 0 Å². The van der Waals surface area contributed by atoms with E-state index >= 15 is 0 Å². The zero-order valence-electron chi connectivity index (χ0n) is 10.7. The van der Waals surface area contributed by atoms with Crippen molar-refractivity contribution in [3.63, 3.8) is 0 Å². The van der Waals surface area contributed by atoms with Crippen LogP contribution in [0.2, 0.25) is 0 Å². The highest BCUT2D eigenvalue weighted by atomic mass is 15.1. The van der Waals surface area contributed by atoms with Gasteiger partial charge in [0.1, 0.15) is 0 Å². The molecule has 0 aliphatic carbocycles. The first-order valence-corrected chi connectivity index (χ1v) is 6.18. The van der Waals surface area contributed by atoms with E-state index in [1.54, 1.807) is 0 Å². The van der Waals surface area contributed by atoms with Gasteiger partial charge >= 0.3 is 0 Å². The van der Waals surface area contributed by atoms with E-state index in [0.717, 1.165) is 19.6 Å². The molecule has 1 N–H and O–H groups in total. The molecule has 0 aromatic heterocycles. The molecule has 0 radical (unpaired) electrons. The van der Waals surface area contributed by atoms with Gasteiger partial charge in [0.15, 0.2) is 0 Å². The third-order valence-corrected chi connectivity index (χ3v) is 2.62. The molecule has 1 rings (SSSR count). The maximum atomic E-state index is 3.51.